The van der Waals surface area contributed by atoms with Crippen LogP contribution in [0.15, 0.2) is 48.5 Å². The van der Waals surface area contributed by atoms with Gasteiger partial charge in [-0.25, -0.2) is 0 Å². The fraction of sp³-hybridized carbons (Fsp3) is 0.409. The summed E-state index contributed by atoms with van der Waals surface area (Å²) in [5.41, 5.74) is 5.11. The van der Waals surface area contributed by atoms with E-state index in [4.69, 9.17) is 0 Å². The molecule has 0 radical (unpaired) electrons. The Labute approximate surface area is 151 Å². The predicted molar refractivity (Wildman–Crippen MR) is 104 cm³/mol. The van der Waals surface area contributed by atoms with Crippen LogP contribution in [0.2, 0.25) is 0 Å². The summed E-state index contributed by atoms with van der Waals surface area (Å²) in [5, 5.41) is 2.98. The lowest BCUT2D eigenvalue weighted by Gasteiger charge is -2.28. The Bertz CT molecular complexity index is 711. The number of benzene rings is 2. The molecule has 25 heavy (non-hydrogen) atoms. The van der Waals surface area contributed by atoms with Crippen LogP contribution in [-0.2, 0) is 24.2 Å². The molecule has 0 heterocycles. The maximum atomic E-state index is 11.6. The molecule has 2 aromatic rings. The molecule has 1 unspecified atom stereocenters. The van der Waals surface area contributed by atoms with Gasteiger partial charge < -0.3 is 5.32 Å². The van der Waals surface area contributed by atoms with E-state index in [-0.39, 0.29) is 5.91 Å². The van der Waals surface area contributed by atoms with Crippen LogP contribution >= 0.6 is 0 Å². The fourth-order valence-electron chi connectivity index (χ4n) is 3.68. The Kier molecular flexibility index (Phi) is 5.87. The lowest BCUT2D eigenvalue weighted by atomic mass is 10.1. The molecule has 0 bridgehead atoms. The first-order valence-electron chi connectivity index (χ1n) is 9.39. The molecular weight excluding hydrogens is 308 g/mol. The fourth-order valence-corrected chi connectivity index (χ4v) is 3.68. The Morgan fingerprint density at radius 2 is 1.84 bits per heavy atom. The maximum absolute atomic E-state index is 11.6. The molecule has 0 saturated heterocycles. The first kappa shape index (κ1) is 17.7. The third-order valence-corrected chi connectivity index (χ3v) is 4.98. The Balaban J connectivity index is 1.70. The molecule has 0 aromatic heterocycles. The van der Waals surface area contributed by atoms with Crippen molar-refractivity contribution < 1.29 is 4.79 Å². The molecule has 1 N–H and O–H groups in total. The molecule has 1 aliphatic rings. The number of fused-ring (bicyclic) bond motifs is 1. The topological polar surface area (TPSA) is 32.3 Å². The molecule has 1 atom stereocenters. The molecule has 1 amide bonds. The van der Waals surface area contributed by atoms with E-state index < -0.39 is 0 Å². The van der Waals surface area contributed by atoms with Crippen LogP contribution in [-0.4, -0.2) is 23.4 Å². The van der Waals surface area contributed by atoms with Crippen molar-refractivity contribution in [2.24, 2.45) is 0 Å². The van der Waals surface area contributed by atoms with Gasteiger partial charge in [0, 0.05) is 24.7 Å². The number of rotatable bonds is 7. The van der Waals surface area contributed by atoms with Gasteiger partial charge in [0.2, 0.25) is 5.91 Å². The van der Waals surface area contributed by atoms with Crippen LogP contribution in [0, 0.1) is 0 Å². The molecule has 3 rings (SSSR count). The first-order chi connectivity index (χ1) is 12.2. The number of hydrogen-bond donors (Lipinski definition) is 1. The van der Waals surface area contributed by atoms with Crippen LogP contribution in [0.5, 0.6) is 0 Å². The number of carbonyl (C=O) groups is 1. The molecule has 1 aliphatic carbocycles. The monoisotopic (exact) mass is 336 g/mol. The van der Waals surface area contributed by atoms with Crippen LogP contribution < -0.4 is 5.32 Å². The summed E-state index contributed by atoms with van der Waals surface area (Å²) in [6, 6.07) is 17.7. The van der Waals surface area contributed by atoms with Gasteiger partial charge in [0.1, 0.15) is 0 Å². The Morgan fingerprint density at radius 3 is 2.56 bits per heavy atom. The Morgan fingerprint density at radius 1 is 1.08 bits per heavy atom. The molecular formula is C22H28N2O. The molecule has 3 heteroatoms. The smallest absolute Gasteiger partial charge is 0.224 e. The zero-order chi connectivity index (χ0) is 17.6. The van der Waals surface area contributed by atoms with E-state index in [0.29, 0.717) is 12.5 Å². The third-order valence-electron chi connectivity index (χ3n) is 4.98. The van der Waals surface area contributed by atoms with E-state index in [9.17, 15) is 4.79 Å². The predicted octanol–water partition coefficient (Wildman–Crippen LogP) is 4.41. The Hall–Kier alpha value is -2.13. The van der Waals surface area contributed by atoms with Crippen molar-refractivity contribution in [3.8, 4) is 0 Å². The van der Waals surface area contributed by atoms with Crippen molar-refractivity contribution in [3.63, 3.8) is 0 Å². The van der Waals surface area contributed by atoms with Crippen LogP contribution in [0.3, 0.4) is 0 Å². The summed E-state index contributed by atoms with van der Waals surface area (Å²) >= 11 is 0. The van der Waals surface area contributed by atoms with Crippen molar-refractivity contribution in [1.82, 2.24) is 4.90 Å². The SMILES string of the molecule is CCCN(Cc1ccccc1)C1Cc2ccc(NC(=O)CC)cc2C1. The highest BCUT2D eigenvalue weighted by Gasteiger charge is 2.26. The summed E-state index contributed by atoms with van der Waals surface area (Å²) in [4.78, 5) is 14.2. The second-order valence-corrected chi connectivity index (χ2v) is 6.90. The minimum atomic E-state index is 0.0752. The summed E-state index contributed by atoms with van der Waals surface area (Å²) in [6.45, 7) is 6.25. The van der Waals surface area contributed by atoms with Gasteiger partial charge >= 0.3 is 0 Å². The minimum absolute atomic E-state index is 0.0752. The number of nitrogens with one attached hydrogen (secondary N) is 1. The van der Waals surface area contributed by atoms with Gasteiger partial charge in [0.15, 0.2) is 0 Å². The van der Waals surface area contributed by atoms with Crippen LogP contribution in [0.1, 0.15) is 43.4 Å². The zero-order valence-electron chi connectivity index (χ0n) is 15.3. The highest BCUT2D eigenvalue weighted by atomic mass is 16.1. The average Bonchev–Trinajstić information content (AvgIpc) is 3.05. The maximum Gasteiger partial charge on any atom is 0.224 e. The number of nitrogens with zero attached hydrogens (tertiary/aromatic N) is 1. The largest absolute Gasteiger partial charge is 0.326 e. The van der Waals surface area contributed by atoms with Crippen molar-refractivity contribution in [2.75, 3.05) is 11.9 Å². The van der Waals surface area contributed by atoms with E-state index in [1.165, 1.54) is 16.7 Å². The summed E-state index contributed by atoms with van der Waals surface area (Å²) in [6.07, 6.45) is 3.85. The van der Waals surface area contributed by atoms with Gasteiger partial charge in [0.05, 0.1) is 0 Å². The first-order valence-corrected chi connectivity index (χ1v) is 9.39. The lowest BCUT2D eigenvalue weighted by molar-refractivity contribution is -0.115. The van der Waals surface area contributed by atoms with Crippen molar-refractivity contribution in [3.05, 3.63) is 65.2 Å². The molecule has 0 saturated carbocycles. The molecule has 132 valence electrons. The average molecular weight is 336 g/mol. The summed E-state index contributed by atoms with van der Waals surface area (Å²) < 4.78 is 0. The van der Waals surface area contributed by atoms with Crippen molar-refractivity contribution in [1.29, 1.82) is 0 Å². The lowest BCUT2D eigenvalue weighted by Crippen LogP contribution is -2.36. The summed E-state index contributed by atoms with van der Waals surface area (Å²) in [5.74, 6) is 0.0752. The van der Waals surface area contributed by atoms with Gasteiger partial charge in [-0.2, -0.15) is 0 Å². The van der Waals surface area contributed by atoms with Gasteiger partial charge in [0.25, 0.3) is 0 Å². The number of hydrogen-bond acceptors (Lipinski definition) is 2. The summed E-state index contributed by atoms with van der Waals surface area (Å²) in [7, 11) is 0. The molecule has 2 aromatic carbocycles. The second-order valence-electron chi connectivity index (χ2n) is 6.90. The van der Waals surface area contributed by atoms with Crippen molar-refractivity contribution in [2.45, 2.75) is 52.1 Å². The standard InChI is InChI=1S/C22H28N2O/c1-3-12-24(16-17-8-6-5-7-9-17)21-14-18-10-11-20(13-19(18)15-21)23-22(25)4-2/h5-11,13,21H,3-4,12,14-16H2,1-2H3,(H,23,25). The van der Waals surface area contributed by atoms with E-state index in [1.807, 2.05) is 13.0 Å². The zero-order valence-corrected chi connectivity index (χ0v) is 15.3. The number of amides is 1. The van der Waals surface area contributed by atoms with E-state index in [1.54, 1.807) is 0 Å². The van der Waals surface area contributed by atoms with E-state index >= 15 is 0 Å². The van der Waals surface area contributed by atoms with Gasteiger partial charge in [-0.15, -0.1) is 0 Å². The molecule has 0 fully saturated rings. The highest BCUT2D eigenvalue weighted by Crippen LogP contribution is 2.29. The molecule has 0 aliphatic heterocycles. The minimum Gasteiger partial charge on any atom is -0.326 e. The number of carbonyl (C=O) groups excluding carboxylic acids is 1. The van der Waals surface area contributed by atoms with E-state index in [2.05, 4.69) is 59.6 Å². The quantitative estimate of drug-likeness (QED) is 0.812. The second kappa shape index (κ2) is 8.30. The van der Waals surface area contributed by atoms with Crippen molar-refractivity contribution >= 4 is 11.6 Å². The molecule has 3 nitrogen and oxygen atoms in total. The molecule has 0 spiro atoms. The number of anilines is 1. The van der Waals surface area contributed by atoms with Gasteiger partial charge in [-0.3, -0.25) is 9.69 Å². The van der Waals surface area contributed by atoms with Crippen LogP contribution in [0.4, 0.5) is 5.69 Å². The van der Waals surface area contributed by atoms with Gasteiger partial charge in [-0.05, 0) is 54.6 Å². The van der Waals surface area contributed by atoms with Gasteiger partial charge in [-0.1, -0.05) is 50.2 Å². The van der Waals surface area contributed by atoms with E-state index in [0.717, 1.165) is 38.0 Å². The third kappa shape index (κ3) is 4.49. The highest BCUT2D eigenvalue weighted by molar-refractivity contribution is 5.90. The normalized spacial score (nSPS) is 16.0. The van der Waals surface area contributed by atoms with Crippen LogP contribution in [0.25, 0.3) is 0 Å².